The average molecular weight is 294 g/mol. The highest BCUT2D eigenvalue weighted by Gasteiger charge is 2.33. The van der Waals surface area contributed by atoms with E-state index < -0.39 is 11.1 Å². The number of nitriles is 1. The predicted octanol–water partition coefficient (Wildman–Crippen LogP) is 2.49. The normalized spacial score (nSPS) is 22.4. The summed E-state index contributed by atoms with van der Waals surface area (Å²) in [6.07, 6.45) is 0. The molecule has 0 aliphatic carbocycles. The highest BCUT2D eigenvalue weighted by atomic mass is 35.5. The van der Waals surface area contributed by atoms with Gasteiger partial charge in [0.05, 0.1) is 11.3 Å². The third kappa shape index (κ3) is 2.82. The lowest BCUT2D eigenvalue weighted by atomic mass is 9.95. The minimum atomic E-state index is -2.01. The molecule has 1 aromatic rings. The van der Waals surface area contributed by atoms with Crippen LogP contribution in [0.1, 0.15) is 19.4 Å². The van der Waals surface area contributed by atoms with E-state index in [1.165, 1.54) is 24.3 Å². The van der Waals surface area contributed by atoms with Crippen LogP contribution >= 0.6 is 11.6 Å². The fourth-order valence-electron chi connectivity index (χ4n) is 1.96. The van der Waals surface area contributed by atoms with Crippen molar-refractivity contribution in [1.29, 1.82) is 5.26 Å². The topological polar surface area (TPSA) is 68.4 Å². The van der Waals surface area contributed by atoms with E-state index in [2.05, 4.69) is 16.4 Å². The number of nitrogens with one attached hydrogen (secondary N) is 1. The molecule has 0 spiro atoms. The zero-order valence-electron chi connectivity index (χ0n) is 11.0. The van der Waals surface area contributed by atoms with Crippen LogP contribution in [0.3, 0.4) is 0 Å². The van der Waals surface area contributed by atoms with Gasteiger partial charge in [-0.2, -0.15) is 5.26 Å². The molecule has 1 aromatic carbocycles. The van der Waals surface area contributed by atoms with Crippen LogP contribution in [0.2, 0.25) is 0 Å². The number of hydrogen-bond acceptors (Lipinski definition) is 4. The summed E-state index contributed by atoms with van der Waals surface area (Å²) in [5, 5.41) is 19.9. The third-order valence-corrected chi connectivity index (χ3v) is 3.05. The van der Waals surface area contributed by atoms with Gasteiger partial charge in [-0.15, -0.1) is 0 Å². The molecule has 1 unspecified atom stereocenters. The van der Waals surface area contributed by atoms with E-state index in [1.54, 1.807) is 0 Å². The summed E-state index contributed by atoms with van der Waals surface area (Å²) in [6.45, 7) is 3.72. The van der Waals surface area contributed by atoms with E-state index >= 15 is 0 Å². The Hall–Kier alpha value is -1.90. The van der Waals surface area contributed by atoms with Gasteiger partial charge in [0, 0.05) is 11.3 Å². The zero-order valence-corrected chi connectivity index (χ0v) is 11.7. The molecule has 20 heavy (non-hydrogen) atoms. The Bertz CT molecular complexity index is 627. The highest BCUT2D eigenvalue weighted by molar-refractivity contribution is 6.25. The van der Waals surface area contributed by atoms with Gasteiger partial charge in [0.25, 0.3) is 0 Å². The molecule has 0 amide bonds. The molecule has 0 aromatic heterocycles. The van der Waals surface area contributed by atoms with Crippen molar-refractivity contribution in [3.8, 4) is 6.07 Å². The standard InChI is InChI=1S/C14H13ClFN3O/c1-8(2)12-11(7-17)13(19-14(15,20)18-12)9-3-5-10(16)6-4-9/h3-6,8,18,20H,1-2H3. The monoisotopic (exact) mass is 293 g/mol. The lowest BCUT2D eigenvalue weighted by Gasteiger charge is -2.29. The first-order valence-electron chi connectivity index (χ1n) is 6.04. The van der Waals surface area contributed by atoms with Crippen LogP contribution in [0.15, 0.2) is 40.5 Å². The molecule has 6 heteroatoms. The Labute approximate surface area is 121 Å². The van der Waals surface area contributed by atoms with Crippen LogP contribution in [-0.4, -0.2) is 16.1 Å². The van der Waals surface area contributed by atoms with Crippen LogP contribution in [0, 0.1) is 23.1 Å². The molecule has 2 N–H and O–H groups in total. The van der Waals surface area contributed by atoms with Gasteiger partial charge in [-0.05, 0) is 41.8 Å². The fraction of sp³-hybridized carbons (Fsp3) is 0.286. The number of allylic oxidation sites excluding steroid dienone is 2. The maximum atomic E-state index is 13.0. The van der Waals surface area contributed by atoms with Gasteiger partial charge in [0.15, 0.2) is 0 Å². The molecule has 0 saturated carbocycles. The summed E-state index contributed by atoms with van der Waals surface area (Å²) in [4.78, 5) is 3.92. The van der Waals surface area contributed by atoms with Crippen molar-refractivity contribution >= 4 is 17.3 Å². The number of aliphatic hydroxyl groups is 1. The summed E-state index contributed by atoms with van der Waals surface area (Å²) in [5.74, 6) is -0.447. The Morgan fingerprint density at radius 1 is 1.40 bits per heavy atom. The first-order chi connectivity index (χ1) is 9.34. The van der Waals surface area contributed by atoms with Gasteiger partial charge >= 0.3 is 5.31 Å². The SMILES string of the molecule is CC(C)C1=C(C#N)C(c2ccc(F)cc2)=NC(O)(Cl)N1. The van der Waals surface area contributed by atoms with Crippen molar-refractivity contribution in [2.24, 2.45) is 10.9 Å². The molecular weight excluding hydrogens is 281 g/mol. The lowest BCUT2D eigenvalue weighted by Crippen LogP contribution is -2.44. The van der Waals surface area contributed by atoms with Crippen molar-refractivity contribution in [3.63, 3.8) is 0 Å². The number of rotatable bonds is 2. The number of aliphatic imine (C=N–C) groups is 1. The van der Waals surface area contributed by atoms with E-state index in [-0.39, 0.29) is 17.2 Å². The molecule has 4 nitrogen and oxygen atoms in total. The van der Waals surface area contributed by atoms with Crippen LogP contribution in [0.5, 0.6) is 0 Å². The van der Waals surface area contributed by atoms with Gasteiger partial charge in [-0.1, -0.05) is 13.8 Å². The molecular formula is C14H13ClFN3O. The number of benzene rings is 1. The molecule has 1 heterocycles. The lowest BCUT2D eigenvalue weighted by molar-refractivity contribution is 0.107. The fourth-order valence-corrected chi connectivity index (χ4v) is 2.14. The summed E-state index contributed by atoms with van der Waals surface area (Å²) in [5.41, 5.74) is 1.55. The first-order valence-corrected chi connectivity index (χ1v) is 6.42. The van der Waals surface area contributed by atoms with Gasteiger partial charge in [-0.25, -0.2) is 9.38 Å². The van der Waals surface area contributed by atoms with Crippen LogP contribution < -0.4 is 5.32 Å². The van der Waals surface area contributed by atoms with E-state index in [4.69, 9.17) is 11.6 Å². The maximum absolute atomic E-state index is 13.0. The molecule has 2 rings (SSSR count). The number of alkyl halides is 1. The maximum Gasteiger partial charge on any atom is 0.318 e. The van der Waals surface area contributed by atoms with E-state index in [0.717, 1.165) is 0 Å². The van der Waals surface area contributed by atoms with Crippen molar-refractivity contribution in [3.05, 3.63) is 46.9 Å². The van der Waals surface area contributed by atoms with Crippen LogP contribution in [0.25, 0.3) is 0 Å². The second kappa shape index (κ2) is 5.23. The Morgan fingerprint density at radius 3 is 2.50 bits per heavy atom. The largest absolute Gasteiger partial charge is 0.340 e. The van der Waals surface area contributed by atoms with Gasteiger partial charge in [0.1, 0.15) is 11.9 Å². The van der Waals surface area contributed by atoms with E-state index in [9.17, 15) is 14.8 Å². The summed E-state index contributed by atoms with van der Waals surface area (Å²) in [6, 6.07) is 7.56. The van der Waals surface area contributed by atoms with E-state index in [1.807, 2.05) is 13.8 Å². The number of hydrogen-bond donors (Lipinski definition) is 2. The minimum Gasteiger partial charge on any atom is -0.340 e. The van der Waals surface area contributed by atoms with Gasteiger partial charge in [-0.3, -0.25) is 0 Å². The van der Waals surface area contributed by atoms with Crippen LogP contribution in [-0.2, 0) is 0 Å². The van der Waals surface area contributed by atoms with Crippen molar-refractivity contribution in [2.75, 3.05) is 0 Å². The van der Waals surface area contributed by atoms with Crippen molar-refractivity contribution in [1.82, 2.24) is 5.32 Å². The molecule has 0 radical (unpaired) electrons. The Morgan fingerprint density at radius 2 is 2.00 bits per heavy atom. The molecule has 104 valence electrons. The van der Waals surface area contributed by atoms with Crippen LogP contribution in [0.4, 0.5) is 4.39 Å². The summed E-state index contributed by atoms with van der Waals surface area (Å²) >= 11 is 5.85. The first kappa shape index (κ1) is 14.5. The number of halogens is 2. The van der Waals surface area contributed by atoms with Crippen molar-refractivity contribution in [2.45, 2.75) is 19.2 Å². The average Bonchev–Trinajstić information content (AvgIpc) is 2.37. The predicted molar refractivity (Wildman–Crippen MR) is 74.4 cm³/mol. The van der Waals surface area contributed by atoms with Gasteiger partial charge in [0.2, 0.25) is 0 Å². The molecule has 1 aliphatic rings. The molecule has 1 aliphatic heterocycles. The highest BCUT2D eigenvalue weighted by Crippen LogP contribution is 2.27. The van der Waals surface area contributed by atoms with Crippen molar-refractivity contribution < 1.29 is 9.50 Å². The quantitative estimate of drug-likeness (QED) is 0.650. The summed E-state index contributed by atoms with van der Waals surface area (Å²) in [7, 11) is 0. The molecule has 1 atom stereocenters. The molecule has 0 bridgehead atoms. The molecule has 0 fully saturated rings. The van der Waals surface area contributed by atoms with Gasteiger partial charge < -0.3 is 10.4 Å². The number of nitrogens with zero attached hydrogens (tertiary/aromatic N) is 2. The molecule has 0 saturated heterocycles. The Kier molecular flexibility index (Phi) is 3.80. The third-order valence-electron chi connectivity index (χ3n) is 2.87. The second-order valence-corrected chi connectivity index (χ2v) is 5.26. The Balaban J connectivity index is 2.61. The summed E-state index contributed by atoms with van der Waals surface area (Å²) < 4.78 is 13.0. The minimum absolute atomic E-state index is 0.0547. The van der Waals surface area contributed by atoms with E-state index in [0.29, 0.717) is 11.3 Å². The zero-order chi connectivity index (χ0) is 14.9. The second-order valence-electron chi connectivity index (χ2n) is 4.73. The smallest absolute Gasteiger partial charge is 0.318 e.